The van der Waals surface area contributed by atoms with Crippen LogP contribution in [0, 0.1) is 0 Å². The normalized spacial score (nSPS) is 11.8. The lowest BCUT2D eigenvalue weighted by Gasteiger charge is -2.18. The van der Waals surface area contributed by atoms with E-state index in [-0.39, 0.29) is 11.0 Å². The molecular formula is C22H20BrNO2S. The molecule has 0 saturated heterocycles. The predicted molar refractivity (Wildman–Crippen MR) is 116 cm³/mol. The van der Waals surface area contributed by atoms with Crippen LogP contribution in [0.1, 0.15) is 27.6 Å². The van der Waals surface area contributed by atoms with Crippen LogP contribution in [-0.4, -0.2) is 12.9 Å². The third kappa shape index (κ3) is 5.15. The maximum absolute atomic E-state index is 12.9. The number of hydrogen-bond donors (Lipinski definition) is 1. The van der Waals surface area contributed by atoms with Gasteiger partial charge in [-0.2, -0.15) is 0 Å². The molecule has 3 aromatic rings. The third-order valence-corrected chi connectivity index (χ3v) is 6.09. The largest absolute Gasteiger partial charge is 0.497 e. The third-order valence-electron chi connectivity index (χ3n) is 4.21. The SMILES string of the molecule is COc1ccc(C(CC(=O)c2ccc(Br)cc2)Sc2ccccc2N)cc1. The fraction of sp³-hybridized carbons (Fsp3) is 0.136. The summed E-state index contributed by atoms with van der Waals surface area (Å²) in [6.07, 6.45) is 0.382. The van der Waals surface area contributed by atoms with Crippen LogP contribution in [0.25, 0.3) is 0 Å². The van der Waals surface area contributed by atoms with Gasteiger partial charge in [-0.25, -0.2) is 0 Å². The van der Waals surface area contributed by atoms with Crippen molar-refractivity contribution < 1.29 is 9.53 Å². The number of methoxy groups -OCH3 is 1. The van der Waals surface area contributed by atoms with E-state index in [0.717, 1.165) is 26.4 Å². The van der Waals surface area contributed by atoms with Crippen molar-refractivity contribution in [3.8, 4) is 5.75 Å². The van der Waals surface area contributed by atoms with Gasteiger partial charge in [0.05, 0.1) is 7.11 Å². The first kappa shape index (κ1) is 19.5. The van der Waals surface area contributed by atoms with Crippen molar-refractivity contribution in [1.29, 1.82) is 0 Å². The highest BCUT2D eigenvalue weighted by atomic mass is 79.9. The minimum absolute atomic E-state index is 0.0447. The molecule has 0 fully saturated rings. The van der Waals surface area contributed by atoms with Gasteiger partial charge in [-0.3, -0.25) is 4.79 Å². The molecule has 0 aliphatic carbocycles. The highest BCUT2D eigenvalue weighted by molar-refractivity contribution is 9.10. The quantitative estimate of drug-likeness (QED) is 0.271. The summed E-state index contributed by atoms with van der Waals surface area (Å²) < 4.78 is 6.21. The number of thioether (sulfide) groups is 1. The van der Waals surface area contributed by atoms with E-state index >= 15 is 0 Å². The van der Waals surface area contributed by atoms with Gasteiger partial charge in [-0.15, -0.1) is 11.8 Å². The number of benzene rings is 3. The van der Waals surface area contributed by atoms with Crippen LogP contribution in [0.2, 0.25) is 0 Å². The van der Waals surface area contributed by atoms with Crippen LogP contribution < -0.4 is 10.5 Å². The second kappa shape index (κ2) is 9.11. The van der Waals surface area contributed by atoms with Gasteiger partial charge < -0.3 is 10.5 Å². The molecule has 3 aromatic carbocycles. The molecule has 3 nitrogen and oxygen atoms in total. The van der Waals surface area contributed by atoms with E-state index in [4.69, 9.17) is 10.5 Å². The van der Waals surface area contributed by atoms with Gasteiger partial charge in [-0.1, -0.05) is 52.3 Å². The predicted octanol–water partition coefficient (Wildman–Crippen LogP) is 6.15. The van der Waals surface area contributed by atoms with E-state index in [1.807, 2.05) is 72.8 Å². The lowest BCUT2D eigenvalue weighted by molar-refractivity contribution is 0.0982. The summed E-state index contributed by atoms with van der Waals surface area (Å²) in [5, 5.41) is -0.0447. The number of nitrogen functional groups attached to an aromatic ring is 1. The summed E-state index contributed by atoms with van der Waals surface area (Å²) in [7, 11) is 1.64. The van der Waals surface area contributed by atoms with Gasteiger partial charge >= 0.3 is 0 Å². The summed E-state index contributed by atoms with van der Waals surface area (Å²) in [4.78, 5) is 13.8. The zero-order chi connectivity index (χ0) is 19.2. The maximum Gasteiger partial charge on any atom is 0.164 e. The zero-order valence-electron chi connectivity index (χ0n) is 14.9. The van der Waals surface area contributed by atoms with E-state index < -0.39 is 0 Å². The summed E-state index contributed by atoms with van der Waals surface area (Å²) in [6.45, 7) is 0. The first-order chi connectivity index (χ1) is 13.1. The van der Waals surface area contributed by atoms with Crippen molar-refractivity contribution in [1.82, 2.24) is 0 Å². The zero-order valence-corrected chi connectivity index (χ0v) is 17.3. The number of Topliss-reactive ketones (excluding diaryl/α,β-unsaturated/α-hetero) is 1. The second-order valence-electron chi connectivity index (χ2n) is 6.05. The number of ketones is 1. The molecule has 0 heterocycles. The minimum atomic E-state index is -0.0447. The number of carbonyl (C=O) groups excluding carboxylic acids is 1. The smallest absolute Gasteiger partial charge is 0.164 e. The van der Waals surface area contributed by atoms with Crippen LogP contribution in [0.15, 0.2) is 82.2 Å². The van der Waals surface area contributed by atoms with E-state index in [1.54, 1.807) is 18.9 Å². The molecule has 0 spiro atoms. The molecule has 1 unspecified atom stereocenters. The molecular weight excluding hydrogens is 422 g/mol. The first-order valence-electron chi connectivity index (χ1n) is 8.50. The lowest BCUT2D eigenvalue weighted by atomic mass is 10.0. The number of ether oxygens (including phenoxy) is 1. The van der Waals surface area contributed by atoms with Crippen LogP contribution in [0.4, 0.5) is 5.69 Å². The van der Waals surface area contributed by atoms with Gasteiger partial charge in [0.1, 0.15) is 5.75 Å². The highest BCUT2D eigenvalue weighted by Crippen LogP contribution is 2.41. The Kier molecular flexibility index (Phi) is 6.58. The number of nitrogens with two attached hydrogens (primary N) is 1. The Bertz CT molecular complexity index is 910. The number of hydrogen-bond acceptors (Lipinski definition) is 4. The molecule has 0 amide bonds. The monoisotopic (exact) mass is 441 g/mol. The molecule has 27 heavy (non-hydrogen) atoms. The maximum atomic E-state index is 12.9. The van der Waals surface area contributed by atoms with Crippen LogP contribution >= 0.6 is 27.7 Å². The van der Waals surface area contributed by atoms with Gasteiger partial charge in [0.2, 0.25) is 0 Å². The molecule has 0 aromatic heterocycles. The number of anilines is 1. The number of rotatable bonds is 7. The molecule has 138 valence electrons. The summed E-state index contributed by atoms with van der Waals surface area (Å²) >= 11 is 5.02. The summed E-state index contributed by atoms with van der Waals surface area (Å²) in [5.74, 6) is 0.895. The van der Waals surface area contributed by atoms with Gasteiger partial charge in [0.25, 0.3) is 0 Å². The summed E-state index contributed by atoms with van der Waals surface area (Å²) in [5.41, 5.74) is 8.61. The van der Waals surface area contributed by atoms with Gasteiger partial charge in [-0.05, 0) is 42.0 Å². The van der Waals surface area contributed by atoms with Gasteiger partial charge in [0.15, 0.2) is 5.78 Å². The topological polar surface area (TPSA) is 52.3 Å². The molecule has 0 bridgehead atoms. The second-order valence-corrected chi connectivity index (χ2v) is 8.21. The first-order valence-corrected chi connectivity index (χ1v) is 10.2. The van der Waals surface area contributed by atoms with Crippen LogP contribution in [-0.2, 0) is 0 Å². The fourth-order valence-corrected chi connectivity index (χ4v) is 4.17. The Balaban J connectivity index is 1.87. The van der Waals surface area contributed by atoms with E-state index in [2.05, 4.69) is 15.9 Å². The van der Waals surface area contributed by atoms with Crippen molar-refractivity contribution in [3.63, 3.8) is 0 Å². The van der Waals surface area contributed by atoms with E-state index in [9.17, 15) is 4.79 Å². The lowest BCUT2D eigenvalue weighted by Crippen LogP contribution is -2.06. The average molecular weight is 442 g/mol. The molecule has 0 aliphatic rings. The molecule has 1 atom stereocenters. The van der Waals surface area contributed by atoms with E-state index in [0.29, 0.717) is 12.0 Å². The molecule has 2 N–H and O–H groups in total. The Morgan fingerprint density at radius 1 is 1.04 bits per heavy atom. The Labute approximate surface area is 172 Å². The Morgan fingerprint density at radius 2 is 1.70 bits per heavy atom. The standard InChI is InChI=1S/C22H20BrNO2S/c1-26-18-12-8-16(9-13-18)22(27-21-5-3-2-4-19(21)24)14-20(25)15-6-10-17(23)11-7-15/h2-13,22H,14,24H2,1H3. The molecule has 3 rings (SSSR count). The molecule has 5 heteroatoms. The Morgan fingerprint density at radius 3 is 2.33 bits per heavy atom. The van der Waals surface area contributed by atoms with Crippen molar-refractivity contribution in [2.75, 3.05) is 12.8 Å². The van der Waals surface area contributed by atoms with Crippen LogP contribution in [0.5, 0.6) is 5.75 Å². The minimum Gasteiger partial charge on any atom is -0.497 e. The van der Waals surface area contributed by atoms with Crippen molar-refractivity contribution in [2.24, 2.45) is 0 Å². The molecule has 0 radical (unpaired) electrons. The van der Waals surface area contributed by atoms with E-state index in [1.165, 1.54) is 0 Å². The number of halogens is 1. The Hall–Kier alpha value is -2.24. The van der Waals surface area contributed by atoms with Crippen molar-refractivity contribution in [2.45, 2.75) is 16.6 Å². The van der Waals surface area contributed by atoms with Crippen molar-refractivity contribution in [3.05, 3.63) is 88.4 Å². The molecule has 0 saturated carbocycles. The van der Waals surface area contributed by atoms with Crippen LogP contribution in [0.3, 0.4) is 0 Å². The highest BCUT2D eigenvalue weighted by Gasteiger charge is 2.20. The number of para-hydroxylation sites is 1. The van der Waals surface area contributed by atoms with Gasteiger partial charge in [0, 0.05) is 32.3 Å². The fourth-order valence-electron chi connectivity index (χ4n) is 2.71. The average Bonchev–Trinajstić information content (AvgIpc) is 2.69. The number of carbonyl (C=O) groups is 1. The summed E-state index contributed by atoms with van der Waals surface area (Å²) in [6, 6.07) is 23.0. The van der Waals surface area contributed by atoms with Crippen molar-refractivity contribution >= 4 is 39.2 Å². The molecule has 0 aliphatic heterocycles.